The van der Waals surface area contributed by atoms with E-state index in [9.17, 15) is 9.90 Å². The summed E-state index contributed by atoms with van der Waals surface area (Å²) >= 11 is 5.72. The fourth-order valence-electron chi connectivity index (χ4n) is 2.81. The van der Waals surface area contributed by atoms with Gasteiger partial charge in [-0.2, -0.15) is 0 Å². The Morgan fingerprint density at radius 3 is 2.95 bits per heavy atom. The molecule has 1 fully saturated rings. The van der Waals surface area contributed by atoms with Crippen molar-refractivity contribution in [3.63, 3.8) is 0 Å². The Labute approximate surface area is 136 Å². The first-order chi connectivity index (χ1) is 10.5. The quantitative estimate of drug-likeness (QED) is 0.728. The van der Waals surface area contributed by atoms with Crippen molar-refractivity contribution in [3.8, 4) is 0 Å². The lowest BCUT2D eigenvalue weighted by Crippen LogP contribution is -2.47. The third kappa shape index (κ3) is 4.85. The number of hydrogen-bond donors (Lipinski definition) is 3. The van der Waals surface area contributed by atoms with E-state index in [1.807, 2.05) is 13.0 Å². The molecule has 0 bridgehead atoms. The van der Waals surface area contributed by atoms with Crippen LogP contribution in [0.2, 0.25) is 5.15 Å². The van der Waals surface area contributed by atoms with E-state index >= 15 is 0 Å². The molecular formula is C16H24ClN3O2. The molecule has 6 heteroatoms. The molecule has 2 atom stereocenters. The number of carbonyl (C=O) groups excluding carboxylic acids is 1. The molecule has 0 spiro atoms. The van der Waals surface area contributed by atoms with Gasteiger partial charge in [0.05, 0.1) is 6.10 Å². The van der Waals surface area contributed by atoms with Crippen LogP contribution in [0.25, 0.3) is 0 Å². The molecule has 1 aliphatic carbocycles. The summed E-state index contributed by atoms with van der Waals surface area (Å²) < 4.78 is 0. The van der Waals surface area contributed by atoms with Gasteiger partial charge >= 0.3 is 6.03 Å². The van der Waals surface area contributed by atoms with Gasteiger partial charge in [-0.05, 0) is 30.9 Å². The summed E-state index contributed by atoms with van der Waals surface area (Å²) in [5.74, 6) is 0. The van der Waals surface area contributed by atoms with E-state index in [2.05, 4.69) is 15.6 Å². The van der Waals surface area contributed by atoms with E-state index in [0.717, 1.165) is 31.2 Å². The van der Waals surface area contributed by atoms with E-state index < -0.39 is 0 Å². The van der Waals surface area contributed by atoms with Gasteiger partial charge in [0.25, 0.3) is 0 Å². The molecule has 1 aromatic rings. The molecule has 1 heterocycles. The van der Waals surface area contributed by atoms with Crippen LogP contribution in [0.4, 0.5) is 4.79 Å². The zero-order chi connectivity index (χ0) is 16.0. The normalized spacial score (nSPS) is 24.8. The van der Waals surface area contributed by atoms with Crippen LogP contribution in [0.3, 0.4) is 0 Å². The summed E-state index contributed by atoms with van der Waals surface area (Å²) in [6.07, 6.45) is 6.03. The fraction of sp³-hybridized carbons (Fsp3) is 0.625. The van der Waals surface area contributed by atoms with Crippen molar-refractivity contribution in [2.24, 2.45) is 5.41 Å². The molecule has 0 radical (unpaired) electrons. The molecule has 0 aliphatic heterocycles. The Kier molecular flexibility index (Phi) is 6.03. The van der Waals surface area contributed by atoms with Crippen LogP contribution >= 0.6 is 11.6 Å². The summed E-state index contributed by atoms with van der Waals surface area (Å²) in [6.45, 7) is 3.08. The Morgan fingerprint density at radius 2 is 2.27 bits per heavy atom. The Morgan fingerprint density at radius 1 is 1.45 bits per heavy atom. The summed E-state index contributed by atoms with van der Waals surface area (Å²) in [5.41, 5.74) is 0.815. The number of halogens is 1. The lowest BCUT2D eigenvalue weighted by atomic mass is 9.73. The average molecular weight is 326 g/mol. The zero-order valence-corrected chi connectivity index (χ0v) is 13.7. The van der Waals surface area contributed by atoms with Gasteiger partial charge in [-0.25, -0.2) is 9.78 Å². The minimum atomic E-state index is -0.332. The van der Waals surface area contributed by atoms with Gasteiger partial charge in [0, 0.05) is 24.7 Å². The molecule has 0 saturated heterocycles. The maximum Gasteiger partial charge on any atom is 0.314 e. The van der Waals surface area contributed by atoms with Gasteiger partial charge in [0.2, 0.25) is 0 Å². The number of carbonyl (C=O) groups is 1. The SMILES string of the molecule is CC1(CNC(=O)NCCc2ccc(Cl)nc2)CCCCC1O. The highest BCUT2D eigenvalue weighted by Crippen LogP contribution is 2.35. The molecule has 0 aromatic carbocycles. The molecule has 3 N–H and O–H groups in total. The molecule has 5 nitrogen and oxygen atoms in total. The van der Waals surface area contributed by atoms with Crippen molar-refractivity contribution < 1.29 is 9.90 Å². The van der Waals surface area contributed by atoms with Crippen LogP contribution in [0.1, 0.15) is 38.2 Å². The molecule has 122 valence electrons. The summed E-state index contributed by atoms with van der Waals surface area (Å²) in [7, 11) is 0. The second-order valence-electron chi connectivity index (χ2n) is 6.26. The minimum Gasteiger partial charge on any atom is -0.392 e. The average Bonchev–Trinajstić information content (AvgIpc) is 2.51. The number of pyridine rings is 1. The van der Waals surface area contributed by atoms with E-state index in [-0.39, 0.29) is 17.6 Å². The molecule has 2 unspecified atom stereocenters. The van der Waals surface area contributed by atoms with Crippen LogP contribution in [0.15, 0.2) is 18.3 Å². The highest BCUT2D eigenvalue weighted by atomic mass is 35.5. The highest BCUT2D eigenvalue weighted by Gasteiger charge is 2.35. The first kappa shape index (κ1) is 17.0. The number of aliphatic hydroxyl groups is 1. The molecule has 1 aromatic heterocycles. The molecule has 22 heavy (non-hydrogen) atoms. The van der Waals surface area contributed by atoms with Gasteiger partial charge in [-0.3, -0.25) is 0 Å². The maximum atomic E-state index is 11.8. The topological polar surface area (TPSA) is 74.2 Å². The van der Waals surface area contributed by atoms with Crippen LogP contribution < -0.4 is 10.6 Å². The first-order valence-corrected chi connectivity index (χ1v) is 8.18. The largest absolute Gasteiger partial charge is 0.392 e. The van der Waals surface area contributed by atoms with Crippen LogP contribution in [-0.2, 0) is 6.42 Å². The van der Waals surface area contributed by atoms with Gasteiger partial charge < -0.3 is 15.7 Å². The third-order valence-corrected chi connectivity index (χ3v) is 4.64. The van der Waals surface area contributed by atoms with E-state index in [1.54, 1.807) is 12.3 Å². The number of aromatic nitrogens is 1. The van der Waals surface area contributed by atoms with E-state index in [4.69, 9.17) is 11.6 Å². The molecule has 1 aliphatic rings. The van der Waals surface area contributed by atoms with Crippen molar-refractivity contribution in [1.29, 1.82) is 0 Å². The second-order valence-corrected chi connectivity index (χ2v) is 6.65. The Hall–Kier alpha value is -1.33. The predicted octanol–water partition coefficient (Wildman–Crippen LogP) is 2.52. The summed E-state index contributed by atoms with van der Waals surface area (Å²) in [6, 6.07) is 3.44. The first-order valence-electron chi connectivity index (χ1n) is 7.80. The van der Waals surface area contributed by atoms with Crippen LogP contribution in [0, 0.1) is 5.41 Å². The van der Waals surface area contributed by atoms with Crippen molar-refractivity contribution in [3.05, 3.63) is 29.0 Å². The van der Waals surface area contributed by atoms with Crippen molar-refractivity contribution in [2.75, 3.05) is 13.1 Å². The number of urea groups is 1. The van der Waals surface area contributed by atoms with Crippen LogP contribution in [-0.4, -0.2) is 35.3 Å². The zero-order valence-electron chi connectivity index (χ0n) is 12.9. The highest BCUT2D eigenvalue weighted by molar-refractivity contribution is 6.29. The lowest BCUT2D eigenvalue weighted by molar-refractivity contribution is 0.00310. The van der Waals surface area contributed by atoms with Gasteiger partial charge in [-0.1, -0.05) is 37.4 Å². The van der Waals surface area contributed by atoms with Gasteiger partial charge in [0.1, 0.15) is 5.15 Å². The van der Waals surface area contributed by atoms with Gasteiger partial charge in [0.15, 0.2) is 0 Å². The summed E-state index contributed by atoms with van der Waals surface area (Å²) in [5, 5.41) is 16.3. The minimum absolute atomic E-state index is 0.194. The summed E-state index contributed by atoms with van der Waals surface area (Å²) in [4.78, 5) is 15.8. The van der Waals surface area contributed by atoms with Crippen molar-refractivity contribution in [2.45, 2.75) is 45.1 Å². The smallest absolute Gasteiger partial charge is 0.314 e. The standard InChI is InChI=1S/C16H24ClN3O2/c1-16(8-3-2-4-13(16)21)11-20-15(22)18-9-7-12-5-6-14(17)19-10-12/h5-6,10,13,21H,2-4,7-9,11H2,1H3,(H2,18,20,22). The van der Waals surface area contributed by atoms with Crippen LogP contribution in [0.5, 0.6) is 0 Å². The van der Waals surface area contributed by atoms with Crippen molar-refractivity contribution in [1.82, 2.24) is 15.6 Å². The van der Waals surface area contributed by atoms with E-state index in [1.165, 1.54) is 0 Å². The number of amides is 2. The number of hydrogen-bond acceptors (Lipinski definition) is 3. The molecule has 1 saturated carbocycles. The second kappa shape index (κ2) is 7.79. The lowest BCUT2D eigenvalue weighted by Gasteiger charge is -2.38. The molecule has 2 amide bonds. The Bertz CT molecular complexity index is 495. The van der Waals surface area contributed by atoms with E-state index in [0.29, 0.717) is 24.7 Å². The molecule has 2 rings (SSSR count). The monoisotopic (exact) mass is 325 g/mol. The van der Waals surface area contributed by atoms with Gasteiger partial charge in [-0.15, -0.1) is 0 Å². The number of nitrogens with one attached hydrogen (secondary N) is 2. The fourth-order valence-corrected chi connectivity index (χ4v) is 2.92. The number of rotatable bonds is 5. The maximum absolute atomic E-state index is 11.8. The predicted molar refractivity (Wildman–Crippen MR) is 86.9 cm³/mol. The number of aliphatic hydroxyl groups excluding tert-OH is 1. The third-order valence-electron chi connectivity index (χ3n) is 4.42. The molecular weight excluding hydrogens is 302 g/mol. The number of nitrogens with zero attached hydrogens (tertiary/aromatic N) is 1. The van der Waals surface area contributed by atoms with Crippen molar-refractivity contribution >= 4 is 17.6 Å². The Balaban J connectivity index is 1.68.